The second kappa shape index (κ2) is 8.10. The molecule has 1 aromatic carbocycles. The van der Waals surface area contributed by atoms with E-state index in [0.29, 0.717) is 11.8 Å². The number of aromatic nitrogens is 6. The van der Waals surface area contributed by atoms with Crippen molar-refractivity contribution in [2.24, 2.45) is 0 Å². The standard InChI is InChI=1S/C25H28N6/c1-16(2)21-9-5-7-18-6-4-8-20(24(18)21)13-31-14-23(27-15-31)22-12-19(10-11-26-22)25-17(3)28-30-29-25/h5,7,9-12,14-16,20H,4,6,8,13H2,1-3H3,(H,28,29,30)/t20-/m0/s1. The van der Waals surface area contributed by atoms with Crippen molar-refractivity contribution in [3.05, 3.63) is 71.4 Å². The lowest BCUT2D eigenvalue weighted by molar-refractivity contribution is 0.477. The number of nitrogens with one attached hydrogen (secondary N) is 1. The molecule has 158 valence electrons. The molecule has 1 atom stereocenters. The lowest BCUT2D eigenvalue weighted by atomic mass is 9.78. The molecule has 6 heteroatoms. The van der Waals surface area contributed by atoms with Gasteiger partial charge in [-0.2, -0.15) is 15.4 Å². The quantitative estimate of drug-likeness (QED) is 0.484. The number of pyridine rings is 1. The summed E-state index contributed by atoms with van der Waals surface area (Å²) in [5.74, 6) is 1.07. The van der Waals surface area contributed by atoms with Gasteiger partial charge in [0, 0.05) is 30.4 Å². The maximum atomic E-state index is 4.67. The zero-order valence-corrected chi connectivity index (χ0v) is 18.3. The molecule has 0 saturated heterocycles. The van der Waals surface area contributed by atoms with E-state index in [4.69, 9.17) is 0 Å². The predicted octanol–water partition coefficient (Wildman–Crippen LogP) is 5.28. The Morgan fingerprint density at radius 2 is 2.03 bits per heavy atom. The maximum absolute atomic E-state index is 4.67. The summed E-state index contributed by atoms with van der Waals surface area (Å²) in [6.45, 7) is 7.49. The van der Waals surface area contributed by atoms with Crippen LogP contribution in [0.15, 0.2) is 49.1 Å². The molecule has 6 nitrogen and oxygen atoms in total. The lowest BCUT2D eigenvalue weighted by Crippen LogP contribution is -2.17. The normalized spacial score (nSPS) is 15.9. The molecule has 0 bridgehead atoms. The monoisotopic (exact) mass is 412 g/mol. The first kappa shape index (κ1) is 19.7. The molecule has 31 heavy (non-hydrogen) atoms. The number of H-pyrrole nitrogens is 1. The van der Waals surface area contributed by atoms with Crippen molar-refractivity contribution in [3.63, 3.8) is 0 Å². The molecule has 3 aromatic heterocycles. The van der Waals surface area contributed by atoms with Crippen molar-refractivity contribution in [2.75, 3.05) is 0 Å². The van der Waals surface area contributed by atoms with E-state index in [1.165, 1.54) is 30.4 Å². The molecule has 0 aliphatic heterocycles. The molecular formula is C25H28N6. The average molecular weight is 413 g/mol. The van der Waals surface area contributed by atoms with Crippen molar-refractivity contribution in [2.45, 2.75) is 58.4 Å². The van der Waals surface area contributed by atoms with Crippen LogP contribution in [-0.4, -0.2) is 29.9 Å². The van der Waals surface area contributed by atoms with E-state index >= 15 is 0 Å². The van der Waals surface area contributed by atoms with Gasteiger partial charge in [-0.25, -0.2) is 4.98 Å². The third kappa shape index (κ3) is 3.78. The third-order valence-electron chi connectivity index (χ3n) is 6.34. The van der Waals surface area contributed by atoms with Crippen LogP contribution in [0.2, 0.25) is 0 Å². The van der Waals surface area contributed by atoms with Gasteiger partial charge in [0.05, 0.1) is 17.7 Å². The number of benzene rings is 1. The Morgan fingerprint density at radius 3 is 2.84 bits per heavy atom. The van der Waals surface area contributed by atoms with Crippen LogP contribution in [0.5, 0.6) is 0 Å². The molecule has 0 unspecified atom stereocenters. The van der Waals surface area contributed by atoms with Crippen molar-refractivity contribution < 1.29 is 0 Å². The minimum absolute atomic E-state index is 0.529. The first-order valence-electron chi connectivity index (χ1n) is 11.1. The van der Waals surface area contributed by atoms with Gasteiger partial charge in [0.2, 0.25) is 0 Å². The number of rotatable bonds is 5. The first-order chi connectivity index (χ1) is 15.1. The van der Waals surface area contributed by atoms with Gasteiger partial charge in [0.25, 0.3) is 0 Å². The van der Waals surface area contributed by atoms with Crippen molar-refractivity contribution >= 4 is 0 Å². The highest BCUT2D eigenvalue weighted by Gasteiger charge is 2.24. The lowest BCUT2D eigenvalue weighted by Gasteiger charge is -2.29. The molecule has 1 aliphatic rings. The van der Waals surface area contributed by atoms with Gasteiger partial charge >= 0.3 is 0 Å². The number of fused-ring (bicyclic) bond motifs is 1. The Kier molecular flexibility index (Phi) is 5.14. The average Bonchev–Trinajstić information content (AvgIpc) is 3.42. The van der Waals surface area contributed by atoms with Gasteiger partial charge < -0.3 is 4.57 Å². The Morgan fingerprint density at radius 1 is 1.13 bits per heavy atom. The molecule has 0 saturated carbocycles. The van der Waals surface area contributed by atoms with Crippen LogP contribution in [0.4, 0.5) is 0 Å². The van der Waals surface area contributed by atoms with E-state index in [0.717, 1.165) is 34.9 Å². The highest BCUT2D eigenvalue weighted by atomic mass is 15.3. The Bertz CT molecular complexity index is 1200. The van der Waals surface area contributed by atoms with Gasteiger partial charge in [-0.15, -0.1) is 0 Å². The summed E-state index contributed by atoms with van der Waals surface area (Å²) >= 11 is 0. The van der Waals surface area contributed by atoms with Crippen LogP contribution in [0.1, 0.15) is 60.9 Å². The minimum atomic E-state index is 0.529. The number of aryl methyl sites for hydroxylation is 2. The molecule has 1 aliphatic carbocycles. The van der Waals surface area contributed by atoms with Crippen LogP contribution in [0.3, 0.4) is 0 Å². The number of hydrogen-bond donors (Lipinski definition) is 1. The van der Waals surface area contributed by atoms with Gasteiger partial charge in [-0.1, -0.05) is 32.0 Å². The molecule has 5 rings (SSSR count). The summed E-state index contributed by atoms with van der Waals surface area (Å²) in [4.78, 5) is 9.22. The Balaban J connectivity index is 1.42. The van der Waals surface area contributed by atoms with Crippen LogP contribution < -0.4 is 0 Å². The van der Waals surface area contributed by atoms with Crippen LogP contribution >= 0.6 is 0 Å². The molecule has 0 spiro atoms. The van der Waals surface area contributed by atoms with Crippen molar-refractivity contribution in [3.8, 4) is 22.6 Å². The van der Waals surface area contributed by atoms with E-state index in [1.54, 1.807) is 5.56 Å². The SMILES string of the molecule is Cc1n[nH]nc1-c1ccnc(-c2cn(C[C@@H]3CCCc4cccc(C(C)C)c43)cn2)c1. The molecule has 1 N–H and O–H groups in total. The number of nitrogens with zero attached hydrogens (tertiary/aromatic N) is 5. The van der Waals surface area contributed by atoms with Crippen LogP contribution in [0, 0.1) is 6.92 Å². The van der Waals surface area contributed by atoms with E-state index in [1.807, 2.05) is 31.6 Å². The van der Waals surface area contributed by atoms with Crippen LogP contribution in [0.25, 0.3) is 22.6 Å². The smallest absolute Gasteiger partial charge is 0.115 e. The molecule has 3 heterocycles. The van der Waals surface area contributed by atoms with Gasteiger partial charge in [-0.05, 0) is 60.9 Å². The summed E-state index contributed by atoms with van der Waals surface area (Å²) < 4.78 is 2.22. The van der Waals surface area contributed by atoms with Crippen molar-refractivity contribution in [1.29, 1.82) is 0 Å². The molecule has 4 aromatic rings. The molecule has 0 fully saturated rings. The molecule has 0 amide bonds. The van der Waals surface area contributed by atoms with E-state index in [-0.39, 0.29) is 0 Å². The number of aromatic amines is 1. The zero-order chi connectivity index (χ0) is 21.4. The summed E-state index contributed by atoms with van der Waals surface area (Å²) in [6.07, 6.45) is 9.54. The third-order valence-corrected chi connectivity index (χ3v) is 6.34. The summed E-state index contributed by atoms with van der Waals surface area (Å²) in [6, 6.07) is 10.8. The predicted molar refractivity (Wildman–Crippen MR) is 122 cm³/mol. The highest BCUT2D eigenvalue weighted by molar-refractivity contribution is 5.67. The largest absolute Gasteiger partial charge is 0.336 e. The number of hydrogen-bond acceptors (Lipinski definition) is 4. The van der Waals surface area contributed by atoms with E-state index < -0.39 is 0 Å². The topological polar surface area (TPSA) is 72.3 Å². The second-order valence-electron chi connectivity index (χ2n) is 8.81. The number of imidazole rings is 1. The fourth-order valence-corrected chi connectivity index (χ4v) is 4.84. The van der Waals surface area contributed by atoms with Crippen molar-refractivity contribution in [1.82, 2.24) is 29.9 Å². The molecular weight excluding hydrogens is 384 g/mol. The van der Waals surface area contributed by atoms with Crippen LogP contribution in [-0.2, 0) is 13.0 Å². The molecule has 0 radical (unpaired) electrons. The van der Waals surface area contributed by atoms with Gasteiger partial charge in [0.15, 0.2) is 0 Å². The highest BCUT2D eigenvalue weighted by Crippen LogP contribution is 2.38. The maximum Gasteiger partial charge on any atom is 0.115 e. The second-order valence-corrected chi connectivity index (χ2v) is 8.81. The first-order valence-corrected chi connectivity index (χ1v) is 11.1. The fourth-order valence-electron chi connectivity index (χ4n) is 4.84. The van der Waals surface area contributed by atoms with E-state index in [2.05, 4.69) is 68.2 Å². The summed E-state index contributed by atoms with van der Waals surface area (Å²) in [5, 5.41) is 11.1. The van der Waals surface area contributed by atoms with E-state index in [9.17, 15) is 0 Å². The summed E-state index contributed by atoms with van der Waals surface area (Å²) in [7, 11) is 0. The van der Waals surface area contributed by atoms with Gasteiger partial charge in [-0.3, -0.25) is 4.98 Å². The Labute approximate surface area is 182 Å². The zero-order valence-electron chi connectivity index (χ0n) is 18.3. The minimum Gasteiger partial charge on any atom is -0.336 e. The summed E-state index contributed by atoms with van der Waals surface area (Å²) in [5.41, 5.74) is 9.05. The Hall–Kier alpha value is -3.28. The fraction of sp³-hybridized carbons (Fsp3) is 0.360. The van der Waals surface area contributed by atoms with Gasteiger partial charge in [0.1, 0.15) is 11.4 Å².